The first kappa shape index (κ1) is 15.9. The van der Waals surface area contributed by atoms with Gasteiger partial charge in [0.1, 0.15) is 18.1 Å². The van der Waals surface area contributed by atoms with E-state index in [1.807, 2.05) is 18.2 Å². The normalized spacial score (nSPS) is 10.0. The fourth-order valence-electron chi connectivity index (χ4n) is 1.86. The SMILES string of the molecule is COc1ccc(C#N)cc1COc1ccc(CBr)cc1Br. The van der Waals surface area contributed by atoms with E-state index in [2.05, 4.69) is 37.9 Å². The minimum absolute atomic E-state index is 0.338. The molecule has 2 aromatic carbocycles. The lowest BCUT2D eigenvalue weighted by atomic mass is 10.1. The van der Waals surface area contributed by atoms with Gasteiger partial charge >= 0.3 is 0 Å². The van der Waals surface area contributed by atoms with Crippen LogP contribution in [0.15, 0.2) is 40.9 Å². The van der Waals surface area contributed by atoms with E-state index in [0.29, 0.717) is 17.9 Å². The van der Waals surface area contributed by atoms with Crippen molar-refractivity contribution in [1.29, 1.82) is 5.26 Å². The molecule has 0 radical (unpaired) electrons. The topological polar surface area (TPSA) is 42.2 Å². The molecule has 0 amide bonds. The van der Waals surface area contributed by atoms with E-state index in [1.54, 1.807) is 25.3 Å². The zero-order chi connectivity index (χ0) is 15.2. The van der Waals surface area contributed by atoms with Crippen molar-refractivity contribution >= 4 is 31.9 Å². The molecule has 0 aliphatic carbocycles. The van der Waals surface area contributed by atoms with Gasteiger partial charge in [-0.15, -0.1) is 0 Å². The average molecular weight is 411 g/mol. The number of hydrogen-bond acceptors (Lipinski definition) is 3. The summed E-state index contributed by atoms with van der Waals surface area (Å²) in [5, 5.41) is 9.76. The fourth-order valence-corrected chi connectivity index (χ4v) is 2.75. The van der Waals surface area contributed by atoms with Crippen LogP contribution in [0.3, 0.4) is 0 Å². The van der Waals surface area contributed by atoms with Gasteiger partial charge in [-0.05, 0) is 51.8 Å². The minimum atomic E-state index is 0.338. The Morgan fingerprint density at radius 1 is 1.14 bits per heavy atom. The van der Waals surface area contributed by atoms with Gasteiger partial charge in [0.25, 0.3) is 0 Å². The van der Waals surface area contributed by atoms with Gasteiger partial charge in [-0.1, -0.05) is 22.0 Å². The number of rotatable bonds is 5. The maximum absolute atomic E-state index is 8.97. The summed E-state index contributed by atoms with van der Waals surface area (Å²) < 4.78 is 12.0. The van der Waals surface area contributed by atoms with Crippen molar-refractivity contribution in [2.24, 2.45) is 0 Å². The molecule has 0 N–H and O–H groups in total. The van der Waals surface area contributed by atoms with E-state index < -0.39 is 0 Å². The Kier molecular flexibility index (Phi) is 5.66. The standard InChI is InChI=1S/C16H13Br2NO2/c1-20-15-4-3-12(9-19)6-13(15)10-21-16-5-2-11(8-17)7-14(16)18/h2-7H,8,10H2,1H3. The monoisotopic (exact) mass is 409 g/mol. The summed E-state index contributed by atoms with van der Waals surface area (Å²) in [4.78, 5) is 0. The van der Waals surface area contributed by atoms with Crippen molar-refractivity contribution in [3.8, 4) is 17.6 Å². The van der Waals surface area contributed by atoms with Crippen LogP contribution in [0.25, 0.3) is 0 Å². The Morgan fingerprint density at radius 2 is 1.90 bits per heavy atom. The van der Waals surface area contributed by atoms with Gasteiger partial charge in [-0.2, -0.15) is 5.26 Å². The molecule has 5 heteroatoms. The quantitative estimate of drug-likeness (QED) is 0.664. The van der Waals surface area contributed by atoms with Crippen LogP contribution in [0.2, 0.25) is 0 Å². The van der Waals surface area contributed by atoms with E-state index in [-0.39, 0.29) is 0 Å². The summed E-state index contributed by atoms with van der Waals surface area (Å²) >= 11 is 6.91. The zero-order valence-electron chi connectivity index (χ0n) is 11.4. The largest absolute Gasteiger partial charge is 0.496 e. The molecule has 0 bridgehead atoms. The molecule has 108 valence electrons. The van der Waals surface area contributed by atoms with Crippen molar-refractivity contribution in [1.82, 2.24) is 0 Å². The number of nitriles is 1. The first-order valence-electron chi connectivity index (χ1n) is 6.22. The molecule has 2 rings (SSSR count). The van der Waals surface area contributed by atoms with Crippen LogP contribution in [0, 0.1) is 11.3 Å². The molecule has 0 fully saturated rings. The van der Waals surface area contributed by atoms with Crippen molar-refractivity contribution in [3.63, 3.8) is 0 Å². The average Bonchev–Trinajstić information content (AvgIpc) is 2.53. The van der Waals surface area contributed by atoms with Gasteiger partial charge in [0.15, 0.2) is 0 Å². The van der Waals surface area contributed by atoms with E-state index >= 15 is 0 Å². The zero-order valence-corrected chi connectivity index (χ0v) is 14.6. The summed E-state index contributed by atoms with van der Waals surface area (Å²) in [5.41, 5.74) is 2.59. The lowest BCUT2D eigenvalue weighted by Gasteiger charge is -2.12. The highest BCUT2D eigenvalue weighted by Crippen LogP contribution is 2.29. The summed E-state index contributed by atoms with van der Waals surface area (Å²) in [5.74, 6) is 1.46. The van der Waals surface area contributed by atoms with Crippen LogP contribution in [0.1, 0.15) is 16.7 Å². The molecule has 0 heterocycles. The number of nitrogens with zero attached hydrogens (tertiary/aromatic N) is 1. The van der Waals surface area contributed by atoms with E-state index in [0.717, 1.165) is 21.1 Å². The maximum atomic E-state index is 8.97. The Labute approximate surface area is 140 Å². The number of ether oxygens (including phenoxy) is 2. The fraction of sp³-hybridized carbons (Fsp3) is 0.188. The first-order chi connectivity index (χ1) is 10.2. The van der Waals surface area contributed by atoms with Crippen molar-refractivity contribution in [2.75, 3.05) is 7.11 Å². The Bertz CT molecular complexity index is 680. The maximum Gasteiger partial charge on any atom is 0.134 e. The molecule has 0 saturated carbocycles. The second kappa shape index (κ2) is 7.48. The molecule has 0 aliphatic heterocycles. The van der Waals surface area contributed by atoms with Crippen molar-refractivity contribution < 1.29 is 9.47 Å². The lowest BCUT2D eigenvalue weighted by molar-refractivity contribution is 0.295. The Hall–Kier alpha value is -1.51. The molecule has 21 heavy (non-hydrogen) atoms. The summed E-state index contributed by atoms with van der Waals surface area (Å²) in [6.45, 7) is 0.338. The number of hydrogen-bond donors (Lipinski definition) is 0. The highest BCUT2D eigenvalue weighted by molar-refractivity contribution is 9.10. The summed E-state index contributed by atoms with van der Waals surface area (Å²) in [7, 11) is 1.60. The van der Waals surface area contributed by atoms with Gasteiger partial charge in [0, 0.05) is 10.9 Å². The number of alkyl halides is 1. The van der Waals surface area contributed by atoms with Gasteiger partial charge in [-0.3, -0.25) is 0 Å². The van der Waals surface area contributed by atoms with Crippen LogP contribution in [0.5, 0.6) is 11.5 Å². The smallest absolute Gasteiger partial charge is 0.134 e. The number of methoxy groups -OCH3 is 1. The molecular formula is C16H13Br2NO2. The van der Waals surface area contributed by atoms with Crippen LogP contribution in [-0.4, -0.2) is 7.11 Å². The van der Waals surface area contributed by atoms with Crippen LogP contribution >= 0.6 is 31.9 Å². The van der Waals surface area contributed by atoms with Crippen LogP contribution in [0.4, 0.5) is 0 Å². The summed E-state index contributed by atoms with van der Waals surface area (Å²) in [6.07, 6.45) is 0. The predicted octanol–water partition coefficient (Wildman–Crippen LogP) is 4.80. The molecule has 0 spiro atoms. The third kappa shape index (κ3) is 3.99. The number of benzene rings is 2. The molecule has 3 nitrogen and oxygen atoms in total. The van der Waals surface area contributed by atoms with E-state index in [4.69, 9.17) is 14.7 Å². The first-order valence-corrected chi connectivity index (χ1v) is 8.13. The van der Waals surface area contributed by atoms with Gasteiger partial charge in [0.05, 0.1) is 23.2 Å². The molecular weight excluding hydrogens is 398 g/mol. The van der Waals surface area contributed by atoms with E-state index in [1.165, 1.54) is 5.56 Å². The second-order valence-corrected chi connectivity index (χ2v) is 5.74. The van der Waals surface area contributed by atoms with Crippen LogP contribution in [-0.2, 0) is 11.9 Å². The van der Waals surface area contributed by atoms with Gasteiger partial charge in [-0.25, -0.2) is 0 Å². The summed E-state index contributed by atoms with van der Waals surface area (Å²) in [6, 6.07) is 13.3. The molecule has 2 aromatic rings. The molecule has 0 aliphatic rings. The predicted molar refractivity (Wildman–Crippen MR) is 88.8 cm³/mol. The Morgan fingerprint density at radius 3 is 2.52 bits per heavy atom. The highest BCUT2D eigenvalue weighted by Gasteiger charge is 2.08. The molecule has 0 aromatic heterocycles. The second-order valence-electron chi connectivity index (χ2n) is 4.33. The van der Waals surface area contributed by atoms with Crippen LogP contribution < -0.4 is 9.47 Å². The van der Waals surface area contributed by atoms with Gasteiger partial charge in [0.2, 0.25) is 0 Å². The molecule has 0 unspecified atom stereocenters. The lowest BCUT2D eigenvalue weighted by Crippen LogP contribution is -2.00. The van der Waals surface area contributed by atoms with Gasteiger partial charge < -0.3 is 9.47 Å². The molecule has 0 atom stereocenters. The Balaban J connectivity index is 2.18. The van der Waals surface area contributed by atoms with Crippen molar-refractivity contribution in [3.05, 3.63) is 57.6 Å². The number of halogens is 2. The van der Waals surface area contributed by atoms with Crippen molar-refractivity contribution in [2.45, 2.75) is 11.9 Å². The third-order valence-electron chi connectivity index (χ3n) is 2.94. The third-order valence-corrected chi connectivity index (χ3v) is 4.21. The highest BCUT2D eigenvalue weighted by atomic mass is 79.9. The van der Waals surface area contributed by atoms with E-state index in [9.17, 15) is 0 Å². The molecule has 0 saturated heterocycles. The minimum Gasteiger partial charge on any atom is -0.496 e.